The summed E-state index contributed by atoms with van der Waals surface area (Å²) in [6.07, 6.45) is -1.64. The molecule has 0 N–H and O–H groups in total. The number of hydrogen-bond acceptors (Lipinski definition) is 5. The molecule has 1 rings (SSSR count). The fourth-order valence-electron chi connectivity index (χ4n) is 1.60. The molecule has 14 heavy (non-hydrogen) atoms. The Labute approximate surface area is 82.9 Å². The zero-order valence-electron chi connectivity index (χ0n) is 8.31. The molecule has 1 fully saturated rings. The Hall–Kier alpha value is -0.660. The lowest BCUT2D eigenvalue weighted by molar-refractivity contribution is -0.800. The SMILES string of the molecule is CC(C)(C)[N+]1(C(=O)[O-])CCOS1(=O)=O. The van der Waals surface area contributed by atoms with E-state index in [9.17, 15) is 18.3 Å². The second-order valence-electron chi connectivity index (χ2n) is 4.15. The highest BCUT2D eigenvalue weighted by atomic mass is 32.2. The summed E-state index contributed by atoms with van der Waals surface area (Å²) in [7, 11) is -4.13. The standard InChI is InChI=1S/C7H13NO5S/c1-7(2,3)8(6(9)10)4-5-13-14(8,11)12/h4-5H2,1-3H3. The molecule has 0 aromatic rings. The number of carboxylic acid groups (broad SMARTS) is 1. The van der Waals surface area contributed by atoms with Gasteiger partial charge in [0.05, 0.1) is 0 Å². The lowest BCUT2D eigenvalue weighted by Crippen LogP contribution is -2.68. The lowest BCUT2D eigenvalue weighted by atomic mass is 10.1. The number of quaternary nitrogens is 1. The van der Waals surface area contributed by atoms with Crippen LogP contribution in [0.2, 0.25) is 0 Å². The maximum Gasteiger partial charge on any atom is 0.442 e. The highest BCUT2D eigenvalue weighted by Crippen LogP contribution is 2.34. The largest absolute Gasteiger partial charge is 0.497 e. The fraction of sp³-hybridized carbons (Fsp3) is 0.857. The summed E-state index contributed by atoms with van der Waals surface area (Å²) >= 11 is 0. The van der Waals surface area contributed by atoms with Gasteiger partial charge in [0.1, 0.15) is 18.7 Å². The number of amides is 1. The van der Waals surface area contributed by atoms with Crippen molar-refractivity contribution < 1.29 is 26.4 Å². The molecular formula is C7H13NO5S. The molecule has 7 heteroatoms. The van der Waals surface area contributed by atoms with Gasteiger partial charge in [0.15, 0.2) is 0 Å². The molecule has 1 atom stereocenters. The van der Waals surface area contributed by atoms with Crippen LogP contribution in [-0.4, -0.2) is 37.1 Å². The smallest absolute Gasteiger partial charge is 0.442 e. The number of rotatable bonds is 0. The van der Waals surface area contributed by atoms with Gasteiger partial charge in [-0.1, -0.05) is 0 Å². The minimum atomic E-state index is -4.13. The molecule has 1 amide bonds. The summed E-state index contributed by atoms with van der Waals surface area (Å²) in [6, 6.07) is 0. The molecule has 0 aromatic carbocycles. The van der Waals surface area contributed by atoms with Gasteiger partial charge in [-0.05, 0) is 20.8 Å². The average Bonchev–Trinajstić information content (AvgIpc) is 2.23. The first kappa shape index (κ1) is 11.4. The van der Waals surface area contributed by atoms with Crippen LogP contribution in [0.25, 0.3) is 0 Å². The second-order valence-corrected chi connectivity index (χ2v) is 5.86. The summed E-state index contributed by atoms with van der Waals surface area (Å²) in [4.78, 5) is 11.0. The van der Waals surface area contributed by atoms with Crippen molar-refractivity contribution >= 4 is 16.4 Å². The maximum atomic E-state index is 11.5. The van der Waals surface area contributed by atoms with E-state index < -0.39 is 25.8 Å². The van der Waals surface area contributed by atoms with E-state index in [1.54, 1.807) is 0 Å². The van der Waals surface area contributed by atoms with Gasteiger partial charge in [0, 0.05) is 0 Å². The molecule has 6 nitrogen and oxygen atoms in total. The molecular weight excluding hydrogens is 210 g/mol. The van der Waals surface area contributed by atoms with E-state index >= 15 is 0 Å². The van der Waals surface area contributed by atoms with E-state index in [0.717, 1.165) is 0 Å². The number of hydrogen-bond donors (Lipinski definition) is 0. The predicted molar refractivity (Wildman–Crippen MR) is 45.1 cm³/mol. The van der Waals surface area contributed by atoms with Gasteiger partial charge in [-0.2, -0.15) is 0 Å². The van der Waals surface area contributed by atoms with Crippen molar-refractivity contribution in [3.8, 4) is 0 Å². The van der Waals surface area contributed by atoms with E-state index in [1.165, 1.54) is 20.8 Å². The number of nitrogens with zero attached hydrogens (tertiary/aromatic N) is 1. The quantitative estimate of drug-likeness (QED) is 0.503. The van der Waals surface area contributed by atoms with Gasteiger partial charge in [0.2, 0.25) is 0 Å². The Kier molecular flexibility index (Phi) is 2.38. The zero-order chi connectivity index (χ0) is 11.2. The molecule has 0 bridgehead atoms. The van der Waals surface area contributed by atoms with Crippen LogP contribution in [0.4, 0.5) is 4.79 Å². The van der Waals surface area contributed by atoms with E-state index in [1.807, 2.05) is 0 Å². The van der Waals surface area contributed by atoms with E-state index in [-0.39, 0.29) is 13.2 Å². The third-order valence-electron chi connectivity index (χ3n) is 2.40. The Balaban J connectivity index is 3.41. The van der Waals surface area contributed by atoms with Crippen molar-refractivity contribution in [2.45, 2.75) is 26.3 Å². The minimum absolute atomic E-state index is 0.117. The van der Waals surface area contributed by atoms with Crippen molar-refractivity contribution in [3.05, 3.63) is 0 Å². The Morgan fingerprint density at radius 1 is 1.43 bits per heavy atom. The van der Waals surface area contributed by atoms with Crippen LogP contribution in [0.3, 0.4) is 0 Å². The molecule has 0 aliphatic carbocycles. The molecule has 0 spiro atoms. The van der Waals surface area contributed by atoms with Crippen LogP contribution in [-0.2, 0) is 14.5 Å². The first-order valence-electron chi connectivity index (χ1n) is 4.14. The first-order valence-corrected chi connectivity index (χ1v) is 5.51. The van der Waals surface area contributed by atoms with Gasteiger partial charge in [-0.15, -0.1) is 12.3 Å². The molecule has 1 unspecified atom stereocenters. The molecule has 1 heterocycles. The Bertz CT molecular complexity index is 355. The van der Waals surface area contributed by atoms with Gasteiger partial charge < -0.3 is 9.90 Å². The summed E-state index contributed by atoms with van der Waals surface area (Å²) in [6.45, 7) is 4.33. The normalized spacial score (nSPS) is 31.6. The van der Waals surface area contributed by atoms with Crippen molar-refractivity contribution in [1.29, 1.82) is 0 Å². The van der Waals surface area contributed by atoms with Crippen molar-refractivity contribution in [1.82, 2.24) is 0 Å². The van der Waals surface area contributed by atoms with Crippen LogP contribution in [0.15, 0.2) is 0 Å². The van der Waals surface area contributed by atoms with Gasteiger partial charge in [-0.3, -0.25) is 0 Å². The Morgan fingerprint density at radius 3 is 2.07 bits per heavy atom. The van der Waals surface area contributed by atoms with Gasteiger partial charge in [-0.25, -0.2) is 4.18 Å². The molecule has 1 aliphatic rings. The van der Waals surface area contributed by atoms with Crippen LogP contribution >= 0.6 is 0 Å². The summed E-state index contributed by atoms with van der Waals surface area (Å²) < 4.78 is 26.3. The molecule has 0 saturated carbocycles. The van der Waals surface area contributed by atoms with E-state index in [2.05, 4.69) is 4.18 Å². The third kappa shape index (κ3) is 1.23. The van der Waals surface area contributed by atoms with Crippen LogP contribution in [0.1, 0.15) is 20.8 Å². The molecule has 1 aliphatic heterocycles. The van der Waals surface area contributed by atoms with Crippen molar-refractivity contribution in [3.63, 3.8) is 0 Å². The first-order chi connectivity index (χ1) is 6.15. The minimum Gasteiger partial charge on any atom is -0.497 e. The summed E-state index contributed by atoms with van der Waals surface area (Å²) in [5.74, 6) is 0. The second kappa shape index (κ2) is 2.91. The molecule has 1 saturated heterocycles. The zero-order valence-corrected chi connectivity index (χ0v) is 9.13. The average molecular weight is 223 g/mol. The topological polar surface area (TPSA) is 83.5 Å². The van der Waals surface area contributed by atoms with Crippen LogP contribution in [0.5, 0.6) is 0 Å². The highest BCUT2D eigenvalue weighted by molar-refractivity contribution is 7.81. The summed E-state index contributed by atoms with van der Waals surface area (Å²) in [5, 5.41) is 11.0. The predicted octanol–water partition coefficient (Wildman–Crippen LogP) is -0.780. The Morgan fingerprint density at radius 2 is 1.93 bits per heavy atom. The van der Waals surface area contributed by atoms with Crippen molar-refractivity contribution in [2.75, 3.05) is 13.2 Å². The summed E-state index contributed by atoms with van der Waals surface area (Å²) in [5.41, 5.74) is -1.01. The number of carbonyl (C=O) groups is 1. The van der Waals surface area contributed by atoms with E-state index in [0.29, 0.717) is 0 Å². The van der Waals surface area contributed by atoms with Crippen LogP contribution < -0.4 is 5.11 Å². The monoisotopic (exact) mass is 223 g/mol. The number of carbonyl (C=O) groups excluding carboxylic acids is 1. The van der Waals surface area contributed by atoms with Crippen molar-refractivity contribution in [2.24, 2.45) is 0 Å². The molecule has 0 aromatic heterocycles. The van der Waals surface area contributed by atoms with E-state index in [4.69, 9.17) is 0 Å². The van der Waals surface area contributed by atoms with Gasteiger partial charge >= 0.3 is 10.3 Å². The fourth-order valence-corrected chi connectivity index (χ4v) is 3.22. The van der Waals surface area contributed by atoms with Gasteiger partial charge in [0.25, 0.3) is 6.09 Å². The van der Waals surface area contributed by atoms with Crippen LogP contribution in [0, 0.1) is 0 Å². The molecule has 82 valence electrons. The lowest BCUT2D eigenvalue weighted by Gasteiger charge is -2.40. The third-order valence-corrected chi connectivity index (χ3v) is 4.51. The molecule has 0 radical (unpaired) electrons. The highest BCUT2D eigenvalue weighted by Gasteiger charge is 2.58. The maximum absolute atomic E-state index is 11.5.